The molecule has 2 heterocycles. The molecule has 5 heteroatoms. The lowest BCUT2D eigenvalue weighted by atomic mass is 9.94. The first-order valence-electron chi connectivity index (χ1n) is 8.80. The molecule has 1 amide bonds. The molecular formula is C18H23NO3S. The van der Waals surface area contributed by atoms with Crippen molar-refractivity contribution in [2.24, 2.45) is 11.8 Å². The number of fused-ring (bicyclic) bond motifs is 2. The van der Waals surface area contributed by atoms with Crippen LogP contribution in [0.25, 0.3) is 0 Å². The van der Waals surface area contributed by atoms with E-state index in [0.717, 1.165) is 37.0 Å². The fraction of sp³-hybridized carbons (Fsp3) is 0.667. The van der Waals surface area contributed by atoms with E-state index in [-0.39, 0.29) is 11.8 Å². The second kappa shape index (κ2) is 5.93. The maximum absolute atomic E-state index is 13.0. The average molecular weight is 333 g/mol. The fourth-order valence-electron chi connectivity index (χ4n) is 4.75. The Bertz CT molecular complexity index is 615. The van der Waals surface area contributed by atoms with E-state index in [1.165, 1.54) is 29.7 Å². The molecule has 1 saturated carbocycles. The molecule has 23 heavy (non-hydrogen) atoms. The lowest BCUT2D eigenvalue weighted by Crippen LogP contribution is -2.43. The zero-order valence-electron chi connectivity index (χ0n) is 13.3. The van der Waals surface area contributed by atoms with Gasteiger partial charge in [-0.05, 0) is 62.0 Å². The Morgan fingerprint density at radius 1 is 1.13 bits per heavy atom. The second-order valence-electron chi connectivity index (χ2n) is 7.22. The molecule has 1 aromatic rings. The topological polar surface area (TPSA) is 57.6 Å². The molecule has 0 spiro atoms. The van der Waals surface area contributed by atoms with Gasteiger partial charge in [0.05, 0.1) is 4.88 Å². The first-order valence-corrected chi connectivity index (χ1v) is 9.62. The highest BCUT2D eigenvalue weighted by Gasteiger charge is 2.49. The van der Waals surface area contributed by atoms with E-state index < -0.39 is 12.0 Å². The van der Waals surface area contributed by atoms with Crippen molar-refractivity contribution in [1.82, 2.24) is 4.90 Å². The normalized spacial score (nSPS) is 29.9. The summed E-state index contributed by atoms with van der Waals surface area (Å²) in [5.74, 6) is -0.331. The summed E-state index contributed by atoms with van der Waals surface area (Å²) in [5, 5.41) is 9.64. The van der Waals surface area contributed by atoms with Crippen LogP contribution in [0.5, 0.6) is 0 Å². The number of amides is 1. The number of thiophene rings is 1. The number of carbonyl (C=O) groups is 2. The Labute approximate surface area is 140 Å². The number of carbonyl (C=O) groups excluding carboxylic acids is 1. The number of carboxylic acid groups (broad SMARTS) is 1. The number of aliphatic carboxylic acids is 1. The SMILES string of the molecule is O=C(O)C1C2CCCC2CN1C(=O)c1cc2c(s1)CCCCC2. The third-order valence-corrected chi connectivity index (χ3v) is 7.09. The van der Waals surface area contributed by atoms with Gasteiger partial charge in [-0.25, -0.2) is 4.79 Å². The summed E-state index contributed by atoms with van der Waals surface area (Å²) in [6.45, 7) is 0.628. The van der Waals surface area contributed by atoms with Crippen molar-refractivity contribution in [1.29, 1.82) is 0 Å². The molecule has 1 aliphatic heterocycles. The van der Waals surface area contributed by atoms with E-state index in [1.807, 2.05) is 6.07 Å². The summed E-state index contributed by atoms with van der Waals surface area (Å²) in [5.41, 5.74) is 1.32. The fourth-order valence-corrected chi connectivity index (χ4v) is 5.95. The quantitative estimate of drug-likeness (QED) is 0.845. The van der Waals surface area contributed by atoms with E-state index >= 15 is 0 Å². The summed E-state index contributed by atoms with van der Waals surface area (Å²) >= 11 is 1.60. The van der Waals surface area contributed by atoms with Gasteiger partial charge in [-0.2, -0.15) is 0 Å². The molecule has 124 valence electrons. The monoisotopic (exact) mass is 333 g/mol. The molecule has 2 aliphatic carbocycles. The highest BCUT2D eigenvalue weighted by Crippen LogP contribution is 2.43. The molecule has 1 saturated heterocycles. The standard InChI is InChI=1S/C18H23NO3S/c20-17(15-9-11-5-2-1-3-8-14(11)23-15)19-10-12-6-4-7-13(12)16(19)18(21)22/h9,12-13,16H,1-8,10H2,(H,21,22). The zero-order chi connectivity index (χ0) is 16.0. The minimum absolute atomic E-state index is 0.0510. The van der Waals surface area contributed by atoms with Crippen LogP contribution in [0.1, 0.15) is 58.6 Å². The van der Waals surface area contributed by atoms with Gasteiger partial charge in [0.25, 0.3) is 5.91 Å². The number of nitrogens with zero attached hydrogens (tertiary/aromatic N) is 1. The smallest absolute Gasteiger partial charge is 0.326 e. The number of carboxylic acids is 1. The molecular weight excluding hydrogens is 310 g/mol. The van der Waals surface area contributed by atoms with Gasteiger partial charge in [0, 0.05) is 11.4 Å². The van der Waals surface area contributed by atoms with E-state index in [2.05, 4.69) is 0 Å². The molecule has 2 fully saturated rings. The number of hydrogen-bond acceptors (Lipinski definition) is 3. The van der Waals surface area contributed by atoms with E-state index in [0.29, 0.717) is 12.5 Å². The van der Waals surface area contributed by atoms with Crippen LogP contribution in [0.4, 0.5) is 0 Å². The van der Waals surface area contributed by atoms with Gasteiger partial charge in [0.15, 0.2) is 0 Å². The lowest BCUT2D eigenvalue weighted by Gasteiger charge is -2.23. The summed E-state index contributed by atoms with van der Waals surface area (Å²) in [6, 6.07) is 1.43. The average Bonchev–Trinajstić information content (AvgIpc) is 3.17. The van der Waals surface area contributed by atoms with Gasteiger partial charge in [-0.3, -0.25) is 4.79 Å². The van der Waals surface area contributed by atoms with Gasteiger partial charge in [0.2, 0.25) is 0 Å². The molecule has 0 aromatic carbocycles. The van der Waals surface area contributed by atoms with Crippen molar-refractivity contribution < 1.29 is 14.7 Å². The molecule has 3 atom stereocenters. The van der Waals surface area contributed by atoms with Gasteiger partial charge < -0.3 is 10.0 Å². The Kier molecular flexibility index (Phi) is 3.92. The van der Waals surface area contributed by atoms with E-state index in [4.69, 9.17) is 0 Å². The van der Waals surface area contributed by atoms with Crippen LogP contribution in [0, 0.1) is 11.8 Å². The number of hydrogen-bond donors (Lipinski definition) is 1. The summed E-state index contributed by atoms with van der Waals surface area (Å²) in [7, 11) is 0. The minimum Gasteiger partial charge on any atom is -0.480 e. The molecule has 1 aromatic heterocycles. The molecule has 4 rings (SSSR count). The van der Waals surface area contributed by atoms with Crippen molar-refractivity contribution >= 4 is 23.2 Å². The van der Waals surface area contributed by atoms with Crippen molar-refractivity contribution in [3.05, 3.63) is 21.4 Å². The van der Waals surface area contributed by atoms with Crippen LogP contribution >= 0.6 is 11.3 Å². The summed E-state index contributed by atoms with van der Waals surface area (Å²) < 4.78 is 0. The molecule has 0 bridgehead atoms. The number of likely N-dealkylation sites (tertiary alicyclic amines) is 1. The molecule has 0 radical (unpaired) electrons. The molecule has 4 nitrogen and oxygen atoms in total. The molecule has 3 unspecified atom stereocenters. The lowest BCUT2D eigenvalue weighted by molar-refractivity contribution is -0.142. The molecule has 1 N–H and O–H groups in total. The van der Waals surface area contributed by atoms with Gasteiger partial charge in [-0.15, -0.1) is 11.3 Å². The summed E-state index contributed by atoms with van der Waals surface area (Å²) in [4.78, 5) is 28.5. The highest BCUT2D eigenvalue weighted by atomic mass is 32.1. The van der Waals surface area contributed by atoms with Crippen molar-refractivity contribution in [2.45, 2.75) is 57.4 Å². The van der Waals surface area contributed by atoms with Gasteiger partial charge >= 0.3 is 5.97 Å². The maximum Gasteiger partial charge on any atom is 0.326 e. The van der Waals surface area contributed by atoms with E-state index in [9.17, 15) is 14.7 Å². The zero-order valence-corrected chi connectivity index (χ0v) is 14.1. The Morgan fingerprint density at radius 3 is 2.78 bits per heavy atom. The Balaban J connectivity index is 1.60. The third-order valence-electron chi connectivity index (χ3n) is 5.86. The minimum atomic E-state index is -0.828. The predicted octanol–water partition coefficient (Wildman–Crippen LogP) is 3.34. The van der Waals surface area contributed by atoms with Crippen LogP contribution in [0.15, 0.2) is 6.07 Å². The van der Waals surface area contributed by atoms with Crippen LogP contribution < -0.4 is 0 Å². The van der Waals surface area contributed by atoms with Crippen LogP contribution in [-0.2, 0) is 17.6 Å². The van der Waals surface area contributed by atoms with Crippen LogP contribution in [0.3, 0.4) is 0 Å². The van der Waals surface area contributed by atoms with E-state index in [1.54, 1.807) is 16.2 Å². The van der Waals surface area contributed by atoms with Crippen LogP contribution in [-0.4, -0.2) is 34.5 Å². The van der Waals surface area contributed by atoms with Crippen molar-refractivity contribution in [2.75, 3.05) is 6.54 Å². The summed E-state index contributed by atoms with van der Waals surface area (Å²) in [6.07, 6.45) is 8.92. The van der Waals surface area contributed by atoms with Crippen molar-refractivity contribution in [3.8, 4) is 0 Å². The molecule has 3 aliphatic rings. The largest absolute Gasteiger partial charge is 0.480 e. The second-order valence-corrected chi connectivity index (χ2v) is 8.35. The van der Waals surface area contributed by atoms with Gasteiger partial charge in [-0.1, -0.05) is 12.8 Å². The number of rotatable bonds is 2. The third kappa shape index (κ3) is 2.59. The Morgan fingerprint density at radius 2 is 1.96 bits per heavy atom. The number of aryl methyl sites for hydroxylation is 2. The van der Waals surface area contributed by atoms with Crippen LogP contribution in [0.2, 0.25) is 0 Å². The van der Waals surface area contributed by atoms with Crippen molar-refractivity contribution in [3.63, 3.8) is 0 Å². The van der Waals surface area contributed by atoms with Gasteiger partial charge in [0.1, 0.15) is 6.04 Å². The Hall–Kier alpha value is -1.36. The highest BCUT2D eigenvalue weighted by molar-refractivity contribution is 7.14. The first-order chi connectivity index (χ1) is 11.1. The first kappa shape index (κ1) is 15.2. The predicted molar refractivity (Wildman–Crippen MR) is 88.9 cm³/mol. The maximum atomic E-state index is 13.0.